The fourth-order valence-electron chi connectivity index (χ4n) is 0.785. The zero-order chi connectivity index (χ0) is 12.2. The van der Waals surface area contributed by atoms with Gasteiger partial charge in [-0.2, -0.15) is 0 Å². The van der Waals surface area contributed by atoms with E-state index in [-0.39, 0.29) is 0 Å². The quantitative estimate of drug-likeness (QED) is 0.763. The third-order valence-electron chi connectivity index (χ3n) is 2.07. The molecular formula is C8H13N3O2S3. The average Bonchev–Trinajstić information content (AvgIpc) is 2.73. The van der Waals surface area contributed by atoms with Crippen molar-refractivity contribution in [3.63, 3.8) is 0 Å². The number of carboxylic acids is 1. The van der Waals surface area contributed by atoms with Gasteiger partial charge in [0.25, 0.3) is 0 Å². The van der Waals surface area contributed by atoms with Gasteiger partial charge in [0.1, 0.15) is 5.54 Å². The van der Waals surface area contributed by atoms with Crippen LogP contribution in [-0.2, 0) is 4.79 Å². The highest BCUT2D eigenvalue weighted by molar-refractivity contribution is 8.03. The highest BCUT2D eigenvalue weighted by Crippen LogP contribution is 2.29. The van der Waals surface area contributed by atoms with Crippen molar-refractivity contribution in [3.05, 3.63) is 0 Å². The van der Waals surface area contributed by atoms with Crippen molar-refractivity contribution in [2.45, 2.75) is 21.1 Å². The first-order chi connectivity index (χ1) is 7.51. The summed E-state index contributed by atoms with van der Waals surface area (Å²) >= 11 is 4.42. The van der Waals surface area contributed by atoms with Crippen molar-refractivity contribution in [2.75, 3.05) is 19.1 Å². The molecule has 1 unspecified atom stereocenters. The number of rotatable bonds is 6. The van der Waals surface area contributed by atoms with Crippen molar-refractivity contribution < 1.29 is 9.90 Å². The summed E-state index contributed by atoms with van der Waals surface area (Å²) < 4.78 is 1.69. The van der Waals surface area contributed by atoms with Gasteiger partial charge in [0.05, 0.1) is 0 Å². The second kappa shape index (κ2) is 5.85. The molecule has 0 bridgehead atoms. The number of hydrogen-bond donors (Lipinski definition) is 2. The van der Waals surface area contributed by atoms with Crippen LogP contribution in [0.4, 0.5) is 0 Å². The number of hydrogen-bond acceptors (Lipinski definition) is 7. The van der Waals surface area contributed by atoms with E-state index in [0.29, 0.717) is 5.75 Å². The second-order valence-corrected chi connectivity index (χ2v) is 6.47. The molecular weight excluding hydrogens is 266 g/mol. The van der Waals surface area contributed by atoms with Crippen LogP contribution in [0.5, 0.6) is 0 Å². The molecule has 1 atom stereocenters. The molecule has 0 fully saturated rings. The van der Waals surface area contributed by atoms with E-state index in [4.69, 9.17) is 5.11 Å². The lowest BCUT2D eigenvalue weighted by atomic mass is 10.1. The van der Waals surface area contributed by atoms with Gasteiger partial charge in [-0.05, 0) is 20.2 Å². The lowest BCUT2D eigenvalue weighted by molar-refractivity contribution is -0.142. The van der Waals surface area contributed by atoms with Crippen molar-refractivity contribution in [3.8, 4) is 0 Å². The summed E-state index contributed by atoms with van der Waals surface area (Å²) in [6, 6.07) is 0. The maximum Gasteiger partial charge on any atom is 0.324 e. The maximum absolute atomic E-state index is 11.0. The predicted octanol–water partition coefficient (Wildman–Crippen LogP) is 1.41. The topological polar surface area (TPSA) is 75.1 Å². The number of nitrogens with one attached hydrogen (secondary N) is 1. The summed E-state index contributed by atoms with van der Waals surface area (Å²) in [4.78, 5) is 11.0. The zero-order valence-corrected chi connectivity index (χ0v) is 11.6. The van der Waals surface area contributed by atoms with E-state index >= 15 is 0 Å². The molecule has 0 aromatic carbocycles. The van der Waals surface area contributed by atoms with Crippen LogP contribution in [-0.4, -0.2) is 45.9 Å². The minimum absolute atomic E-state index is 0.418. The van der Waals surface area contributed by atoms with Crippen LogP contribution in [0.1, 0.15) is 6.92 Å². The van der Waals surface area contributed by atoms with Gasteiger partial charge in [-0.15, -0.1) is 10.2 Å². The average molecular weight is 279 g/mol. The molecule has 0 aliphatic heterocycles. The number of thioether (sulfide) groups is 2. The summed E-state index contributed by atoms with van der Waals surface area (Å²) in [5.74, 6) is -0.445. The van der Waals surface area contributed by atoms with Crippen LogP contribution in [0.3, 0.4) is 0 Å². The van der Waals surface area contributed by atoms with Gasteiger partial charge in [-0.1, -0.05) is 34.9 Å². The van der Waals surface area contributed by atoms with Gasteiger partial charge >= 0.3 is 5.97 Å². The fraction of sp³-hybridized carbons (Fsp3) is 0.625. The van der Waals surface area contributed by atoms with Crippen molar-refractivity contribution in [1.82, 2.24) is 15.5 Å². The maximum atomic E-state index is 11.0. The van der Waals surface area contributed by atoms with Gasteiger partial charge in [0, 0.05) is 5.75 Å². The zero-order valence-electron chi connectivity index (χ0n) is 9.18. The minimum Gasteiger partial charge on any atom is -0.480 e. The lowest BCUT2D eigenvalue weighted by Gasteiger charge is -2.22. The van der Waals surface area contributed by atoms with Crippen LogP contribution in [0.15, 0.2) is 8.68 Å². The molecule has 0 radical (unpaired) electrons. The molecule has 1 rings (SSSR count). The number of likely N-dealkylation sites (N-methyl/N-ethyl adjacent to an activating group) is 1. The van der Waals surface area contributed by atoms with Crippen molar-refractivity contribution >= 4 is 40.8 Å². The van der Waals surface area contributed by atoms with Gasteiger partial charge in [0.2, 0.25) is 0 Å². The summed E-state index contributed by atoms with van der Waals surface area (Å²) in [5, 5.41) is 19.8. The smallest absolute Gasteiger partial charge is 0.324 e. The SMILES string of the molecule is CNC(C)(CSc1nnc(SC)s1)C(=O)O. The normalized spacial score (nSPS) is 14.7. The Balaban J connectivity index is 2.59. The molecule has 90 valence electrons. The molecule has 1 aromatic rings. The van der Waals surface area contributed by atoms with Gasteiger partial charge in [0.15, 0.2) is 8.68 Å². The number of carbonyl (C=O) groups is 1. The first-order valence-electron chi connectivity index (χ1n) is 4.44. The molecule has 0 saturated heterocycles. The first kappa shape index (κ1) is 13.8. The molecule has 1 heterocycles. The standard InChI is InChI=1S/C8H13N3O2S3/c1-8(9-2,5(12)13)4-15-7-11-10-6(14-3)16-7/h9H,4H2,1-3H3,(H,12,13). The summed E-state index contributed by atoms with van der Waals surface area (Å²) in [7, 11) is 1.64. The molecule has 16 heavy (non-hydrogen) atoms. The molecule has 8 heteroatoms. The predicted molar refractivity (Wildman–Crippen MR) is 67.5 cm³/mol. The summed E-state index contributed by atoms with van der Waals surface area (Å²) in [5.41, 5.74) is -0.935. The van der Waals surface area contributed by atoms with Crippen LogP contribution in [0.25, 0.3) is 0 Å². The van der Waals surface area contributed by atoms with E-state index in [2.05, 4.69) is 15.5 Å². The Morgan fingerprint density at radius 2 is 2.19 bits per heavy atom. The highest BCUT2D eigenvalue weighted by atomic mass is 32.2. The monoisotopic (exact) mass is 279 g/mol. The van der Waals surface area contributed by atoms with Gasteiger partial charge < -0.3 is 10.4 Å². The van der Waals surface area contributed by atoms with Gasteiger partial charge in [-0.3, -0.25) is 4.79 Å². The number of nitrogens with zero attached hydrogens (tertiary/aromatic N) is 2. The van der Waals surface area contributed by atoms with Crippen LogP contribution in [0.2, 0.25) is 0 Å². The third-order valence-corrected chi connectivity index (χ3v) is 5.42. The van der Waals surface area contributed by atoms with E-state index in [1.54, 1.807) is 14.0 Å². The van der Waals surface area contributed by atoms with Gasteiger partial charge in [-0.25, -0.2) is 0 Å². The second-order valence-electron chi connectivity index (χ2n) is 3.21. The number of aliphatic carboxylic acids is 1. The summed E-state index contributed by atoms with van der Waals surface area (Å²) in [6.45, 7) is 1.65. The first-order valence-corrected chi connectivity index (χ1v) is 7.47. The molecule has 0 amide bonds. The fourth-order valence-corrected chi connectivity index (χ4v) is 3.38. The Bertz CT molecular complexity index is 371. The van der Waals surface area contributed by atoms with E-state index in [1.165, 1.54) is 34.9 Å². The Morgan fingerprint density at radius 3 is 2.62 bits per heavy atom. The Morgan fingerprint density at radius 1 is 1.56 bits per heavy atom. The molecule has 5 nitrogen and oxygen atoms in total. The van der Waals surface area contributed by atoms with E-state index in [9.17, 15) is 4.79 Å². The van der Waals surface area contributed by atoms with Crippen LogP contribution < -0.4 is 5.32 Å². The third kappa shape index (κ3) is 3.34. The van der Waals surface area contributed by atoms with Crippen molar-refractivity contribution in [1.29, 1.82) is 0 Å². The summed E-state index contributed by atoms with van der Waals surface area (Å²) in [6.07, 6.45) is 1.93. The number of aromatic nitrogens is 2. The Labute approximate surface area is 106 Å². The van der Waals surface area contributed by atoms with Crippen LogP contribution in [0, 0.1) is 0 Å². The largest absolute Gasteiger partial charge is 0.480 e. The lowest BCUT2D eigenvalue weighted by Crippen LogP contribution is -2.49. The van der Waals surface area contributed by atoms with E-state index < -0.39 is 11.5 Å². The molecule has 0 aliphatic carbocycles. The van der Waals surface area contributed by atoms with Crippen molar-refractivity contribution in [2.24, 2.45) is 0 Å². The Kier molecular flexibility index (Phi) is 5.03. The van der Waals surface area contributed by atoms with Crippen LogP contribution >= 0.6 is 34.9 Å². The molecule has 0 spiro atoms. The molecule has 0 saturated carbocycles. The molecule has 2 N–H and O–H groups in total. The Hall–Kier alpha value is -0.310. The molecule has 1 aromatic heterocycles. The van der Waals surface area contributed by atoms with E-state index in [0.717, 1.165) is 8.68 Å². The van der Waals surface area contributed by atoms with E-state index in [1.807, 2.05) is 6.26 Å². The molecule has 0 aliphatic rings. The minimum atomic E-state index is -0.935. The number of carboxylic acid groups (broad SMARTS) is 1. The highest BCUT2D eigenvalue weighted by Gasteiger charge is 2.31.